The Morgan fingerprint density at radius 3 is 1.43 bits per heavy atom. The van der Waals surface area contributed by atoms with Crippen molar-refractivity contribution in [1.29, 1.82) is 0 Å². The van der Waals surface area contributed by atoms with Crippen LogP contribution >= 0.6 is 0 Å². The van der Waals surface area contributed by atoms with E-state index in [1.807, 2.05) is 0 Å². The van der Waals surface area contributed by atoms with E-state index >= 15 is 0 Å². The fourth-order valence-corrected chi connectivity index (χ4v) is 9.50. The molecule has 9 aromatic carbocycles. The Morgan fingerprint density at radius 2 is 0.800 bits per heavy atom. The van der Waals surface area contributed by atoms with Gasteiger partial charge in [-0.1, -0.05) is 147 Å². The van der Waals surface area contributed by atoms with Gasteiger partial charge in [-0.2, -0.15) is 0 Å². The lowest BCUT2D eigenvalue weighted by molar-refractivity contribution is 0.660. The van der Waals surface area contributed by atoms with E-state index in [0.29, 0.717) is 17.5 Å². The summed E-state index contributed by atoms with van der Waals surface area (Å²) in [5, 5.41) is 6.97. The van der Waals surface area contributed by atoms with Crippen molar-refractivity contribution >= 4 is 43.4 Å². The molecule has 12 rings (SSSR count). The molecule has 0 amide bonds. The molecule has 2 aromatic heterocycles. The average molecular weight is 767 g/mol. The second kappa shape index (κ2) is 13.2. The monoisotopic (exact) mass is 766 g/mol. The van der Waals surface area contributed by atoms with Gasteiger partial charge in [0, 0.05) is 38.6 Å². The van der Waals surface area contributed by atoms with Crippen LogP contribution in [0.25, 0.3) is 105 Å². The van der Waals surface area contributed by atoms with Gasteiger partial charge >= 0.3 is 0 Å². The lowest BCUT2D eigenvalue weighted by Crippen LogP contribution is -2.14. The van der Waals surface area contributed by atoms with Crippen LogP contribution in [0.15, 0.2) is 194 Å². The fourth-order valence-electron chi connectivity index (χ4n) is 9.50. The number of benzene rings is 9. The summed E-state index contributed by atoms with van der Waals surface area (Å²) < 4.78 is 2.37. The zero-order chi connectivity index (χ0) is 40.0. The highest BCUT2D eigenvalue weighted by Gasteiger charge is 2.35. The number of hydrogen-bond acceptors (Lipinski definition) is 3. The van der Waals surface area contributed by atoms with Crippen molar-refractivity contribution in [3.63, 3.8) is 0 Å². The van der Waals surface area contributed by atoms with Gasteiger partial charge in [0.2, 0.25) is 0 Å². The first-order valence-corrected chi connectivity index (χ1v) is 20.6. The Hall–Kier alpha value is -7.69. The molecule has 11 aromatic rings. The first-order chi connectivity index (χ1) is 29.5. The van der Waals surface area contributed by atoms with Crippen LogP contribution in [0.1, 0.15) is 25.0 Å². The number of nitrogens with zero attached hydrogens (tertiary/aromatic N) is 4. The molecule has 2 heterocycles. The van der Waals surface area contributed by atoms with Gasteiger partial charge in [0.15, 0.2) is 17.5 Å². The molecule has 282 valence electrons. The van der Waals surface area contributed by atoms with Gasteiger partial charge in [-0.05, 0) is 116 Å². The molecular formula is C56H38N4. The maximum Gasteiger partial charge on any atom is 0.164 e. The molecule has 0 spiro atoms. The minimum Gasteiger partial charge on any atom is -0.309 e. The molecule has 0 bridgehead atoms. The molecule has 1 aliphatic carbocycles. The van der Waals surface area contributed by atoms with Crippen LogP contribution in [0.5, 0.6) is 0 Å². The smallest absolute Gasteiger partial charge is 0.164 e. The molecule has 0 saturated heterocycles. The Labute approximate surface area is 348 Å². The van der Waals surface area contributed by atoms with Crippen LogP contribution in [0, 0.1) is 0 Å². The quantitative estimate of drug-likeness (QED) is 0.175. The average Bonchev–Trinajstić information content (AvgIpc) is 3.75. The van der Waals surface area contributed by atoms with Crippen molar-refractivity contribution in [1.82, 2.24) is 19.5 Å². The Balaban J connectivity index is 1.05. The summed E-state index contributed by atoms with van der Waals surface area (Å²) in [4.78, 5) is 15.6. The van der Waals surface area contributed by atoms with Crippen LogP contribution < -0.4 is 0 Å². The van der Waals surface area contributed by atoms with Gasteiger partial charge in [-0.15, -0.1) is 0 Å². The Bertz CT molecular complexity index is 3430. The van der Waals surface area contributed by atoms with E-state index in [2.05, 4.69) is 213 Å². The zero-order valence-electron chi connectivity index (χ0n) is 33.3. The predicted octanol–water partition coefficient (Wildman–Crippen LogP) is 14.2. The summed E-state index contributed by atoms with van der Waals surface area (Å²) in [5.74, 6) is 1.92. The van der Waals surface area contributed by atoms with Gasteiger partial charge in [-0.3, -0.25) is 0 Å². The van der Waals surface area contributed by atoms with Crippen molar-refractivity contribution in [2.24, 2.45) is 0 Å². The molecular weight excluding hydrogens is 729 g/mol. The summed E-state index contributed by atoms with van der Waals surface area (Å²) in [6.45, 7) is 4.69. The molecule has 0 atom stereocenters. The van der Waals surface area contributed by atoms with Crippen LogP contribution in [-0.2, 0) is 5.41 Å². The highest BCUT2D eigenvalue weighted by atomic mass is 15.0. The molecule has 0 saturated carbocycles. The number of hydrogen-bond donors (Lipinski definition) is 0. The number of fused-ring (bicyclic) bond motifs is 8. The van der Waals surface area contributed by atoms with Crippen LogP contribution in [0.4, 0.5) is 0 Å². The van der Waals surface area contributed by atoms with Gasteiger partial charge in [-0.25, -0.2) is 15.0 Å². The summed E-state index contributed by atoms with van der Waals surface area (Å²) in [7, 11) is 0. The first kappa shape index (κ1) is 34.4. The minimum atomic E-state index is -0.0772. The van der Waals surface area contributed by atoms with Crippen molar-refractivity contribution < 1.29 is 0 Å². The standard InChI is InChI=1S/C56H38N4/c1-56(2)49-19-11-10-18-45(49)46-27-24-40(34-50(46)56)39-25-28-51-47(32-39)48-33-43(26-29-52(48)60(51)44-16-4-3-5-17-44)55-58-53(41-22-20-35-12-6-8-14-37(35)30-41)57-54(59-55)42-23-21-36-13-7-9-15-38(36)31-42/h3-34H,1-2H3. The third-order valence-corrected chi connectivity index (χ3v) is 12.6. The van der Waals surface area contributed by atoms with E-state index in [1.54, 1.807) is 0 Å². The lowest BCUT2D eigenvalue weighted by atomic mass is 9.81. The first-order valence-electron chi connectivity index (χ1n) is 20.6. The summed E-state index contributed by atoms with van der Waals surface area (Å²) in [5.41, 5.74) is 14.0. The SMILES string of the molecule is CC1(C)c2ccccc2-c2ccc(-c3ccc4c(c3)c3cc(-c5nc(-c6ccc7ccccc7c6)nc(-c6ccc7ccccc7c6)n5)ccc3n4-c3ccccc3)cc21. The molecule has 4 nitrogen and oxygen atoms in total. The molecule has 4 heteroatoms. The topological polar surface area (TPSA) is 43.6 Å². The zero-order valence-corrected chi connectivity index (χ0v) is 33.3. The molecule has 0 aliphatic heterocycles. The third kappa shape index (κ3) is 5.41. The van der Waals surface area contributed by atoms with E-state index in [1.165, 1.54) is 49.5 Å². The van der Waals surface area contributed by atoms with Crippen molar-refractivity contribution in [3.05, 3.63) is 205 Å². The predicted molar refractivity (Wildman–Crippen MR) is 248 cm³/mol. The molecule has 0 N–H and O–H groups in total. The van der Waals surface area contributed by atoms with Crippen LogP contribution in [-0.4, -0.2) is 19.5 Å². The second-order valence-corrected chi connectivity index (χ2v) is 16.5. The highest BCUT2D eigenvalue weighted by Crippen LogP contribution is 2.50. The largest absolute Gasteiger partial charge is 0.309 e. The Morgan fingerprint density at radius 1 is 0.350 bits per heavy atom. The van der Waals surface area contributed by atoms with E-state index in [-0.39, 0.29) is 5.41 Å². The van der Waals surface area contributed by atoms with Crippen molar-refractivity contribution in [2.75, 3.05) is 0 Å². The van der Waals surface area contributed by atoms with E-state index in [0.717, 1.165) is 49.6 Å². The van der Waals surface area contributed by atoms with E-state index in [4.69, 9.17) is 15.0 Å². The van der Waals surface area contributed by atoms with Crippen molar-refractivity contribution in [2.45, 2.75) is 19.3 Å². The lowest BCUT2D eigenvalue weighted by Gasteiger charge is -2.22. The highest BCUT2D eigenvalue weighted by molar-refractivity contribution is 6.11. The number of aromatic nitrogens is 4. The second-order valence-electron chi connectivity index (χ2n) is 16.5. The normalized spacial score (nSPS) is 13.0. The molecule has 60 heavy (non-hydrogen) atoms. The maximum absolute atomic E-state index is 5.22. The van der Waals surface area contributed by atoms with Crippen molar-refractivity contribution in [3.8, 4) is 62.1 Å². The number of para-hydroxylation sites is 1. The maximum atomic E-state index is 5.22. The molecule has 0 fully saturated rings. The van der Waals surface area contributed by atoms with Gasteiger partial charge in [0.05, 0.1) is 11.0 Å². The van der Waals surface area contributed by atoms with Gasteiger partial charge in [0.25, 0.3) is 0 Å². The summed E-state index contributed by atoms with van der Waals surface area (Å²) in [6.07, 6.45) is 0. The summed E-state index contributed by atoms with van der Waals surface area (Å²) >= 11 is 0. The van der Waals surface area contributed by atoms with E-state index in [9.17, 15) is 0 Å². The third-order valence-electron chi connectivity index (χ3n) is 12.6. The molecule has 1 aliphatic rings. The summed E-state index contributed by atoms with van der Waals surface area (Å²) in [6, 6.07) is 69.8. The van der Waals surface area contributed by atoms with Crippen LogP contribution in [0.2, 0.25) is 0 Å². The minimum absolute atomic E-state index is 0.0772. The molecule has 0 unspecified atom stereocenters. The fraction of sp³-hybridized carbons (Fsp3) is 0.0536. The van der Waals surface area contributed by atoms with E-state index < -0.39 is 0 Å². The van der Waals surface area contributed by atoms with Gasteiger partial charge in [0.1, 0.15) is 0 Å². The molecule has 0 radical (unpaired) electrons. The number of rotatable bonds is 5. The van der Waals surface area contributed by atoms with Crippen LogP contribution in [0.3, 0.4) is 0 Å². The Kier molecular flexibility index (Phi) is 7.54. The van der Waals surface area contributed by atoms with Gasteiger partial charge < -0.3 is 4.57 Å².